The first-order valence-corrected chi connectivity index (χ1v) is 6.22. The van der Waals surface area contributed by atoms with Gasteiger partial charge in [-0.05, 0) is 43.6 Å². The summed E-state index contributed by atoms with van der Waals surface area (Å²) in [6, 6.07) is 0. The minimum absolute atomic E-state index is 0.791. The maximum absolute atomic E-state index is 5.58. The first-order chi connectivity index (χ1) is 6.79. The second-order valence-corrected chi connectivity index (χ2v) is 5.35. The Balaban J connectivity index is 1.73. The largest absolute Gasteiger partial charge is 0.330 e. The Morgan fingerprint density at radius 1 is 1.29 bits per heavy atom. The molecule has 3 atom stereocenters. The fourth-order valence-corrected chi connectivity index (χ4v) is 3.30. The Kier molecular flexibility index (Phi) is 3.45. The molecule has 2 aliphatic rings. The number of rotatable bonds is 4. The van der Waals surface area contributed by atoms with Gasteiger partial charge in [0.25, 0.3) is 0 Å². The number of nitrogens with two attached hydrogens (primary N) is 1. The number of likely N-dealkylation sites (tertiary alicyclic amines) is 1. The summed E-state index contributed by atoms with van der Waals surface area (Å²) in [6.07, 6.45) is 5.66. The van der Waals surface area contributed by atoms with Gasteiger partial charge in [-0.15, -0.1) is 0 Å². The first kappa shape index (κ1) is 10.4. The van der Waals surface area contributed by atoms with Crippen LogP contribution in [0.3, 0.4) is 0 Å². The van der Waals surface area contributed by atoms with Gasteiger partial charge in [0, 0.05) is 19.6 Å². The van der Waals surface area contributed by atoms with Crippen molar-refractivity contribution in [2.45, 2.75) is 32.6 Å². The van der Waals surface area contributed by atoms with Gasteiger partial charge >= 0.3 is 0 Å². The molecule has 0 spiro atoms. The zero-order chi connectivity index (χ0) is 9.97. The molecule has 2 fully saturated rings. The highest BCUT2D eigenvalue weighted by Gasteiger charge is 2.35. The maximum atomic E-state index is 5.58. The van der Waals surface area contributed by atoms with E-state index in [1.807, 2.05) is 0 Å². The Morgan fingerprint density at radius 3 is 2.50 bits per heavy atom. The highest BCUT2D eigenvalue weighted by Crippen LogP contribution is 2.37. The van der Waals surface area contributed by atoms with Crippen LogP contribution in [0.2, 0.25) is 0 Å². The van der Waals surface area contributed by atoms with E-state index in [9.17, 15) is 0 Å². The van der Waals surface area contributed by atoms with E-state index in [1.165, 1.54) is 45.3 Å². The number of hydrogen-bond donors (Lipinski definition) is 1. The standard InChI is InChI=1S/C12H24N2/c1-10(5-6-13)7-14-8-11-3-2-4-12(11)9-14/h10-12H,2-9,13H2,1H3. The van der Waals surface area contributed by atoms with Gasteiger partial charge in [0.05, 0.1) is 0 Å². The molecular formula is C12H24N2. The van der Waals surface area contributed by atoms with Crippen LogP contribution in [0.15, 0.2) is 0 Å². The Bertz CT molecular complexity index is 169. The highest BCUT2D eigenvalue weighted by atomic mass is 15.2. The molecule has 1 saturated carbocycles. The molecule has 0 radical (unpaired) electrons. The van der Waals surface area contributed by atoms with E-state index in [2.05, 4.69) is 11.8 Å². The first-order valence-electron chi connectivity index (χ1n) is 6.22. The lowest BCUT2D eigenvalue weighted by Crippen LogP contribution is -2.28. The quantitative estimate of drug-likeness (QED) is 0.741. The van der Waals surface area contributed by atoms with Crippen LogP contribution in [-0.2, 0) is 0 Å². The molecular weight excluding hydrogens is 172 g/mol. The van der Waals surface area contributed by atoms with Crippen molar-refractivity contribution in [3.63, 3.8) is 0 Å². The molecule has 2 heteroatoms. The molecule has 1 aliphatic heterocycles. The number of nitrogens with zero attached hydrogens (tertiary/aromatic N) is 1. The summed E-state index contributed by atoms with van der Waals surface area (Å²) >= 11 is 0. The van der Waals surface area contributed by atoms with Crippen molar-refractivity contribution < 1.29 is 0 Å². The fourth-order valence-electron chi connectivity index (χ4n) is 3.30. The van der Waals surface area contributed by atoms with Crippen LogP contribution in [0.1, 0.15) is 32.6 Å². The van der Waals surface area contributed by atoms with Crippen LogP contribution in [0.25, 0.3) is 0 Å². The van der Waals surface area contributed by atoms with E-state index in [0.717, 1.165) is 24.3 Å². The second-order valence-electron chi connectivity index (χ2n) is 5.35. The molecule has 1 saturated heterocycles. The van der Waals surface area contributed by atoms with Crippen molar-refractivity contribution in [2.24, 2.45) is 23.5 Å². The Labute approximate surface area is 87.8 Å². The normalized spacial score (nSPS) is 34.7. The molecule has 2 N–H and O–H groups in total. The minimum Gasteiger partial charge on any atom is -0.330 e. The average Bonchev–Trinajstić information content (AvgIpc) is 2.63. The predicted octanol–water partition coefficient (Wildman–Crippen LogP) is 1.70. The maximum Gasteiger partial charge on any atom is 0.00130 e. The van der Waals surface area contributed by atoms with Crippen molar-refractivity contribution in [1.82, 2.24) is 4.90 Å². The van der Waals surface area contributed by atoms with Crippen LogP contribution in [0.5, 0.6) is 0 Å². The summed E-state index contributed by atoms with van der Waals surface area (Å²) in [5.74, 6) is 2.87. The van der Waals surface area contributed by atoms with Gasteiger partial charge < -0.3 is 10.6 Å². The fraction of sp³-hybridized carbons (Fsp3) is 1.00. The van der Waals surface area contributed by atoms with Gasteiger partial charge in [0.2, 0.25) is 0 Å². The van der Waals surface area contributed by atoms with Crippen LogP contribution < -0.4 is 5.73 Å². The van der Waals surface area contributed by atoms with E-state index in [1.54, 1.807) is 0 Å². The van der Waals surface area contributed by atoms with Crippen LogP contribution in [0, 0.1) is 17.8 Å². The molecule has 1 heterocycles. The lowest BCUT2D eigenvalue weighted by Gasteiger charge is -2.21. The van der Waals surface area contributed by atoms with Crippen LogP contribution in [-0.4, -0.2) is 31.1 Å². The molecule has 2 rings (SSSR count). The highest BCUT2D eigenvalue weighted by molar-refractivity contribution is 4.88. The van der Waals surface area contributed by atoms with Gasteiger partial charge in [-0.2, -0.15) is 0 Å². The molecule has 0 aromatic heterocycles. The number of hydrogen-bond acceptors (Lipinski definition) is 2. The van der Waals surface area contributed by atoms with Crippen molar-refractivity contribution in [2.75, 3.05) is 26.2 Å². The Hall–Kier alpha value is -0.0800. The monoisotopic (exact) mass is 196 g/mol. The van der Waals surface area contributed by atoms with Crippen molar-refractivity contribution in [3.05, 3.63) is 0 Å². The van der Waals surface area contributed by atoms with E-state index in [0.29, 0.717) is 0 Å². The summed E-state index contributed by atoms with van der Waals surface area (Å²) in [6.45, 7) is 7.21. The van der Waals surface area contributed by atoms with Crippen molar-refractivity contribution in [3.8, 4) is 0 Å². The van der Waals surface area contributed by atoms with Crippen molar-refractivity contribution >= 4 is 0 Å². The lowest BCUT2D eigenvalue weighted by atomic mass is 10.0. The van der Waals surface area contributed by atoms with Gasteiger partial charge in [0.15, 0.2) is 0 Å². The molecule has 82 valence electrons. The average molecular weight is 196 g/mol. The molecule has 2 nitrogen and oxygen atoms in total. The Morgan fingerprint density at radius 2 is 1.93 bits per heavy atom. The summed E-state index contributed by atoms with van der Waals surface area (Å²) in [5, 5.41) is 0. The van der Waals surface area contributed by atoms with E-state index in [4.69, 9.17) is 5.73 Å². The van der Waals surface area contributed by atoms with E-state index < -0.39 is 0 Å². The molecule has 0 bridgehead atoms. The second kappa shape index (κ2) is 4.63. The zero-order valence-electron chi connectivity index (χ0n) is 9.41. The summed E-state index contributed by atoms with van der Waals surface area (Å²) in [5.41, 5.74) is 5.58. The van der Waals surface area contributed by atoms with Crippen LogP contribution in [0.4, 0.5) is 0 Å². The smallest absolute Gasteiger partial charge is 0.00130 e. The third kappa shape index (κ3) is 2.29. The SMILES string of the molecule is CC(CCN)CN1CC2CCCC2C1. The lowest BCUT2D eigenvalue weighted by molar-refractivity contribution is 0.262. The van der Waals surface area contributed by atoms with Gasteiger partial charge in [0.1, 0.15) is 0 Å². The van der Waals surface area contributed by atoms with Crippen molar-refractivity contribution in [1.29, 1.82) is 0 Å². The molecule has 0 aromatic carbocycles. The summed E-state index contributed by atoms with van der Waals surface area (Å²) < 4.78 is 0. The van der Waals surface area contributed by atoms with Gasteiger partial charge in [-0.1, -0.05) is 13.3 Å². The van der Waals surface area contributed by atoms with E-state index in [-0.39, 0.29) is 0 Å². The minimum atomic E-state index is 0.791. The molecule has 3 unspecified atom stereocenters. The summed E-state index contributed by atoms with van der Waals surface area (Å²) in [7, 11) is 0. The third-order valence-corrected chi connectivity index (χ3v) is 4.03. The molecule has 0 aromatic rings. The molecule has 0 amide bonds. The van der Waals surface area contributed by atoms with Gasteiger partial charge in [-0.3, -0.25) is 0 Å². The van der Waals surface area contributed by atoms with E-state index >= 15 is 0 Å². The van der Waals surface area contributed by atoms with Crippen LogP contribution >= 0.6 is 0 Å². The molecule has 1 aliphatic carbocycles. The number of fused-ring (bicyclic) bond motifs is 1. The topological polar surface area (TPSA) is 29.3 Å². The predicted molar refractivity (Wildman–Crippen MR) is 60.1 cm³/mol. The zero-order valence-corrected chi connectivity index (χ0v) is 9.41. The third-order valence-electron chi connectivity index (χ3n) is 4.03. The van der Waals surface area contributed by atoms with Gasteiger partial charge in [-0.25, -0.2) is 0 Å². The molecule has 14 heavy (non-hydrogen) atoms. The summed E-state index contributed by atoms with van der Waals surface area (Å²) in [4.78, 5) is 2.68.